The van der Waals surface area contributed by atoms with Crippen molar-refractivity contribution in [2.45, 2.75) is 18.9 Å². The number of fused-ring (bicyclic) bond motifs is 1. The average Bonchev–Trinajstić information content (AvgIpc) is 2.87. The van der Waals surface area contributed by atoms with E-state index < -0.39 is 11.8 Å². The number of carbonyl (C=O) groups excluding carboxylic acids is 1. The monoisotopic (exact) mass is 489 g/mol. The predicted octanol–water partition coefficient (Wildman–Crippen LogP) is 3.28. The number of nitrogens with one attached hydrogen (secondary N) is 3. The third-order valence-corrected chi connectivity index (χ3v) is 5.88. The number of pyridine rings is 1. The summed E-state index contributed by atoms with van der Waals surface area (Å²) >= 11 is 0. The second kappa shape index (κ2) is 10.0. The number of hydrogen-bond acceptors (Lipinski definition) is 7. The number of nitrogen functional groups attached to an aromatic ring is 1. The summed E-state index contributed by atoms with van der Waals surface area (Å²) in [6.45, 7) is 1.70. The molecule has 36 heavy (non-hydrogen) atoms. The lowest BCUT2D eigenvalue weighted by Crippen LogP contribution is -2.34. The van der Waals surface area contributed by atoms with Gasteiger partial charge in [-0.2, -0.15) is 0 Å². The molecule has 2 aromatic heterocycles. The molecule has 1 aliphatic heterocycles. The van der Waals surface area contributed by atoms with Crippen molar-refractivity contribution in [2.75, 3.05) is 29.5 Å². The van der Waals surface area contributed by atoms with Crippen LogP contribution in [0.1, 0.15) is 12.8 Å². The summed E-state index contributed by atoms with van der Waals surface area (Å²) in [6, 6.07) is 11.8. The Labute approximate surface area is 205 Å². The van der Waals surface area contributed by atoms with E-state index in [9.17, 15) is 14.0 Å². The van der Waals surface area contributed by atoms with Gasteiger partial charge < -0.3 is 31.0 Å². The van der Waals surface area contributed by atoms with Crippen LogP contribution < -0.4 is 31.8 Å². The lowest BCUT2D eigenvalue weighted by molar-refractivity contribution is 0.163. The number of nitrogens with zero attached hydrogens (tertiary/aromatic N) is 3. The summed E-state index contributed by atoms with van der Waals surface area (Å²) in [5.74, 6) is 0.0421. The smallest absolute Gasteiger partial charge is 0.323 e. The minimum absolute atomic E-state index is 0.00208. The summed E-state index contributed by atoms with van der Waals surface area (Å²) in [7, 11) is 0. The molecule has 0 bridgehead atoms. The van der Waals surface area contributed by atoms with Gasteiger partial charge >= 0.3 is 6.03 Å². The zero-order chi connectivity index (χ0) is 25.1. The summed E-state index contributed by atoms with van der Waals surface area (Å²) in [5, 5.41) is 8.90. The van der Waals surface area contributed by atoms with Gasteiger partial charge in [0.05, 0.1) is 5.69 Å². The van der Waals surface area contributed by atoms with Crippen molar-refractivity contribution >= 4 is 34.3 Å². The van der Waals surface area contributed by atoms with Crippen LogP contribution in [0.2, 0.25) is 0 Å². The highest BCUT2D eigenvalue weighted by molar-refractivity contribution is 6.00. The molecular formula is C25H24FN7O3. The Balaban J connectivity index is 1.31. The third-order valence-electron chi connectivity index (χ3n) is 5.88. The molecule has 3 heterocycles. The van der Waals surface area contributed by atoms with Crippen molar-refractivity contribution < 1.29 is 13.9 Å². The highest BCUT2D eigenvalue weighted by atomic mass is 19.1. The number of benzene rings is 2. The van der Waals surface area contributed by atoms with E-state index in [4.69, 9.17) is 10.5 Å². The fourth-order valence-electron chi connectivity index (χ4n) is 4.10. The normalized spacial score (nSPS) is 13.9. The van der Waals surface area contributed by atoms with Gasteiger partial charge in [0.1, 0.15) is 35.2 Å². The first-order chi connectivity index (χ1) is 17.5. The van der Waals surface area contributed by atoms with Crippen LogP contribution >= 0.6 is 0 Å². The fourth-order valence-corrected chi connectivity index (χ4v) is 4.10. The number of rotatable bonds is 5. The number of aromatic nitrogens is 3. The van der Waals surface area contributed by atoms with Crippen LogP contribution in [-0.2, 0) is 0 Å². The van der Waals surface area contributed by atoms with Crippen LogP contribution in [0, 0.1) is 5.82 Å². The second-order valence-corrected chi connectivity index (χ2v) is 8.34. The molecule has 5 N–H and O–H groups in total. The molecule has 1 aliphatic rings. The molecule has 184 valence electrons. The Morgan fingerprint density at radius 2 is 1.86 bits per heavy atom. The van der Waals surface area contributed by atoms with E-state index in [0.29, 0.717) is 22.8 Å². The predicted molar refractivity (Wildman–Crippen MR) is 135 cm³/mol. The van der Waals surface area contributed by atoms with Crippen molar-refractivity contribution in [3.8, 4) is 11.4 Å². The van der Waals surface area contributed by atoms with Gasteiger partial charge in [0, 0.05) is 29.7 Å². The Bertz CT molecular complexity index is 1470. The van der Waals surface area contributed by atoms with Crippen LogP contribution in [0.5, 0.6) is 5.75 Å². The van der Waals surface area contributed by atoms with Crippen molar-refractivity contribution in [3.05, 3.63) is 77.1 Å². The third kappa shape index (κ3) is 4.96. The van der Waals surface area contributed by atoms with Crippen LogP contribution in [-0.4, -0.2) is 39.8 Å². The Hall–Kier alpha value is -4.51. The minimum atomic E-state index is -0.544. The Morgan fingerprint density at radius 1 is 1.08 bits per heavy atom. The van der Waals surface area contributed by atoms with Crippen LogP contribution in [0.25, 0.3) is 16.7 Å². The molecular weight excluding hydrogens is 465 g/mol. The first-order valence-corrected chi connectivity index (χ1v) is 11.4. The quantitative estimate of drug-likeness (QED) is 0.338. The number of carbonyl (C=O) groups is 1. The van der Waals surface area contributed by atoms with Gasteiger partial charge in [0.15, 0.2) is 11.1 Å². The molecule has 1 fully saturated rings. The molecule has 4 aromatic rings. The molecule has 0 aliphatic carbocycles. The maximum atomic E-state index is 13.9. The molecule has 10 nitrogen and oxygen atoms in total. The molecule has 11 heteroatoms. The van der Waals surface area contributed by atoms with Crippen molar-refractivity contribution in [1.29, 1.82) is 0 Å². The first kappa shape index (κ1) is 23.2. The van der Waals surface area contributed by atoms with Crippen molar-refractivity contribution in [2.24, 2.45) is 0 Å². The Kier molecular flexibility index (Phi) is 6.46. The van der Waals surface area contributed by atoms with Crippen LogP contribution in [0.15, 0.2) is 65.8 Å². The standard InChI is InChI=1S/C25H24FN7O3/c26-15-1-6-21(36-18-7-10-28-11-8-18)19(13-15)32-25(35)31-16-2-4-17(5-3-16)33-12-9-20(34)22-23(27)29-14-30-24(22)33/h1-6,9,12-14,18,28H,7-8,10-11H2,(H2,27,29,30)(H2,31,32,35). The Morgan fingerprint density at radius 3 is 2.64 bits per heavy atom. The second-order valence-electron chi connectivity index (χ2n) is 8.34. The lowest BCUT2D eigenvalue weighted by Gasteiger charge is -2.25. The van der Waals surface area contributed by atoms with E-state index in [1.54, 1.807) is 35.0 Å². The SMILES string of the molecule is Nc1ncnc2c1c(=O)ccn2-c1ccc(NC(=O)Nc2cc(F)ccc2OC2CCNCC2)cc1. The topological polar surface area (TPSA) is 136 Å². The van der Waals surface area contributed by atoms with Gasteiger partial charge in [0.2, 0.25) is 0 Å². The number of ether oxygens (including phenoxy) is 1. The number of urea groups is 1. The zero-order valence-electron chi connectivity index (χ0n) is 19.2. The van der Waals surface area contributed by atoms with Gasteiger partial charge in [-0.1, -0.05) is 0 Å². The molecule has 2 aromatic carbocycles. The highest BCUT2D eigenvalue weighted by Gasteiger charge is 2.18. The van der Waals surface area contributed by atoms with Crippen molar-refractivity contribution in [3.63, 3.8) is 0 Å². The van der Waals surface area contributed by atoms with E-state index in [0.717, 1.165) is 25.9 Å². The maximum absolute atomic E-state index is 13.9. The minimum Gasteiger partial charge on any atom is -0.488 e. The van der Waals surface area contributed by atoms with Gasteiger partial charge in [-0.3, -0.25) is 4.79 Å². The van der Waals surface area contributed by atoms with E-state index in [-0.39, 0.29) is 28.4 Å². The summed E-state index contributed by atoms with van der Waals surface area (Å²) in [4.78, 5) is 33.0. The van der Waals surface area contributed by atoms with Crippen LogP contribution in [0.4, 0.5) is 26.4 Å². The molecule has 0 spiro atoms. The summed E-state index contributed by atoms with van der Waals surface area (Å²) in [5.41, 5.74) is 7.43. The molecule has 0 unspecified atom stereocenters. The molecule has 0 radical (unpaired) electrons. The molecule has 5 rings (SSSR count). The fraction of sp³-hybridized carbons (Fsp3) is 0.200. The van der Waals surface area contributed by atoms with Gasteiger partial charge in [0.25, 0.3) is 0 Å². The molecule has 0 saturated carbocycles. The van der Waals surface area contributed by atoms with E-state index in [2.05, 4.69) is 25.9 Å². The highest BCUT2D eigenvalue weighted by Crippen LogP contribution is 2.28. The zero-order valence-corrected chi connectivity index (χ0v) is 19.2. The summed E-state index contributed by atoms with van der Waals surface area (Å²) in [6.07, 6.45) is 4.55. The number of anilines is 3. The largest absolute Gasteiger partial charge is 0.488 e. The van der Waals surface area contributed by atoms with Crippen LogP contribution in [0.3, 0.4) is 0 Å². The van der Waals surface area contributed by atoms with Crippen molar-refractivity contribution in [1.82, 2.24) is 19.9 Å². The van der Waals surface area contributed by atoms with Gasteiger partial charge in [-0.15, -0.1) is 0 Å². The first-order valence-electron chi connectivity index (χ1n) is 11.4. The lowest BCUT2D eigenvalue weighted by atomic mass is 10.1. The number of nitrogens with two attached hydrogens (primary N) is 1. The van der Waals surface area contributed by atoms with Gasteiger partial charge in [-0.05, 0) is 62.3 Å². The van der Waals surface area contributed by atoms with E-state index >= 15 is 0 Å². The molecule has 2 amide bonds. The van der Waals surface area contributed by atoms with E-state index in [1.807, 2.05) is 0 Å². The summed E-state index contributed by atoms with van der Waals surface area (Å²) < 4.78 is 21.6. The average molecular weight is 490 g/mol. The van der Waals surface area contributed by atoms with Gasteiger partial charge in [-0.25, -0.2) is 19.2 Å². The molecule has 1 saturated heterocycles. The molecule has 0 atom stereocenters. The number of piperidine rings is 1. The number of halogens is 1. The van der Waals surface area contributed by atoms with E-state index in [1.165, 1.54) is 30.6 Å². The number of hydrogen-bond donors (Lipinski definition) is 4. The number of amides is 2. The maximum Gasteiger partial charge on any atom is 0.323 e.